The number of benzene rings is 1. The number of nitrogens with zero attached hydrogens (tertiary/aromatic N) is 3. The maximum absolute atomic E-state index is 14.8. The number of rotatable bonds is 4. The fourth-order valence-electron chi connectivity index (χ4n) is 3.90. The highest BCUT2D eigenvalue weighted by molar-refractivity contribution is 5.96. The van der Waals surface area contributed by atoms with E-state index in [2.05, 4.69) is 16.1 Å². The van der Waals surface area contributed by atoms with Gasteiger partial charge >= 0.3 is 0 Å². The molecular formula is C22H24FN3O2. The molecule has 1 amide bonds. The molecule has 1 aromatic heterocycles. The maximum Gasteiger partial charge on any atom is 0.227 e. The van der Waals surface area contributed by atoms with Gasteiger partial charge in [0.2, 0.25) is 5.91 Å². The minimum Gasteiger partial charge on any atom is -0.487 e. The van der Waals surface area contributed by atoms with E-state index in [0.717, 1.165) is 25.1 Å². The number of carbonyl (C=O) groups is 1. The number of amides is 1. The van der Waals surface area contributed by atoms with Gasteiger partial charge in [0.05, 0.1) is 12.7 Å². The van der Waals surface area contributed by atoms with Crippen LogP contribution in [0.4, 0.5) is 10.1 Å². The number of allylic oxidation sites excluding steroid dienone is 1. The van der Waals surface area contributed by atoms with Crippen LogP contribution in [0.3, 0.4) is 0 Å². The first-order valence-corrected chi connectivity index (χ1v) is 9.63. The lowest BCUT2D eigenvalue weighted by molar-refractivity contribution is -0.118. The summed E-state index contributed by atoms with van der Waals surface area (Å²) in [6.45, 7) is 3.80. The monoisotopic (exact) mass is 381 g/mol. The summed E-state index contributed by atoms with van der Waals surface area (Å²) in [4.78, 5) is 19.9. The molecule has 0 aliphatic carbocycles. The van der Waals surface area contributed by atoms with E-state index in [0.29, 0.717) is 35.4 Å². The molecule has 1 atom stereocenters. The summed E-state index contributed by atoms with van der Waals surface area (Å²) in [5.41, 5.74) is 2.79. The van der Waals surface area contributed by atoms with E-state index in [9.17, 15) is 9.18 Å². The van der Waals surface area contributed by atoms with Crippen molar-refractivity contribution in [2.75, 3.05) is 25.0 Å². The number of fused-ring (bicyclic) bond motifs is 1. The molecule has 1 aromatic carbocycles. The van der Waals surface area contributed by atoms with E-state index in [1.165, 1.54) is 11.0 Å². The van der Waals surface area contributed by atoms with Gasteiger partial charge in [-0.15, -0.1) is 0 Å². The Morgan fingerprint density at radius 3 is 2.93 bits per heavy atom. The number of likely N-dealkylation sites (tertiary alicyclic amines) is 1. The Hall–Kier alpha value is -2.89. The summed E-state index contributed by atoms with van der Waals surface area (Å²) in [6.07, 6.45) is 9.53. The topological polar surface area (TPSA) is 45.7 Å². The molecule has 28 heavy (non-hydrogen) atoms. The van der Waals surface area contributed by atoms with Crippen molar-refractivity contribution >= 4 is 11.6 Å². The quantitative estimate of drug-likeness (QED) is 0.809. The lowest BCUT2D eigenvalue weighted by atomic mass is 9.96. The zero-order valence-electron chi connectivity index (χ0n) is 16.2. The van der Waals surface area contributed by atoms with Crippen molar-refractivity contribution < 1.29 is 13.9 Å². The van der Waals surface area contributed by atoms with Crippen molar-refractivity contribution in [3.8, 4) is 16.9 Å². The number of aryl methyl sites for hydroxylation is 1. The molecule has 0 saturated carbocycles. The Labute approximate surface area is 164 Å². The van der Waals surface area contributed by atoms with E-state index in [1.807, 2.05) is 25.1 Å². The molecule has 0 unspecified atom stereocenters. The van der Waals surface area contributed by atoms with Gasteiger partial charge in [-0.1, -0.05) is 6.08 Å². The van der Waals surface area contributed by atoms with Gasteiger partial charge in [-0.25, -0.2) is 4.39 Å². The molecule has 0 spiro atoms. The van der Waals surface area contributed by atoms with Gasteiger partial charge in [0.1, 0.15) is 17.7 Å². The van der Waals surface area contributed by atoms with Crippen LogP contribution in [-0.2, 0) is 11.2 Å². The zero-order valence-corrected chi connectivity index (χ0v) is 16.2. The number of anilines is 1. The predicted octanol–water partition coefficient (Wildman–Crippen LogP) is 3.78. The molecule has 3 heterocycles. The van der Waals surface area contributed by atoms with Gasteiger partial charge in [0.15, 0.2) is 0 Å². The van der Waals surface area contributed by atoms with E-state index < -0.39 is 0 Å². The molecule has 2 aliphatic rings. The molecule has 0 radical (unpaired) electrons. The first-order chi connectivity index (χ1) is 13.5. The van der Waals surface area contributed by atoms with Gasteiger partial charge in [-0.2, -0.15) is 0 Å². The lowest BCUT2D eigenvalue weighted by Gasteiger charge is -2.26. The van der Waals surface area contributed by atoms with Crippen molar-refractivity contribution in [3.63, 3.8) is 0 Å². The highest BCUT2D eigenvalue weighted by atomic mass is 19.1. The molecule has 4 rings (SSSR count). The second-order valence-electron chi connectivity index (χ2n) is 7.33. The largest absolute Gasteiger partial charge is 0.487 e. The molecule has 5 nitrogen and oxygen atoms in total. The number of pyridine rings is 1. The Balaban J connectivity index is 1.57. The minimum atomic E-state index is -0.362. The summed E-state index contributed by atoms with van der Waals surface area (Å²) in [7, 11) is 1.69. The van der Waals surface area contributed by atoms with Gasteiger partial charge in [0, 0.05) is 49.4 Å². The number of halogens is 1. The third kappa shape index (κ3) is 3.59. The van der Waals surface area contributed by atoms with Crippen molar-refractivity contribution in [1.82, 2.24) is 9.88 Å². The number of hydrogen-bond acceptors (Lipinski definition) is 4. The molecule has 1 fully saturated rings. The number of hydrogen-bond donors (Lipinski definition) is 0. The Kier molecular flexibility index (Phi) is 5.03. The molecule has 0 bridgehead atoms. The second kappa shape index (κ2) is 7.62. The first kappa shape index (κ1) is 18.5. The van der Waals surface area contributed by atoms with Crippen molar-refractivity contribution in [2.45, 2.75) is 32.3 Å². The first-order valence-electron chi connectivity index (χ1n) is 9.63. The maximum atomic E-state index is 14.8. The van der Waals surface area contributed by atoms with Crippen LogP contribution in [0.15, 0.2) is 42.9 Å². The minimum absolute atomic E-state index is 0.0141. The second-order valence-corrected chi connectivity index (χ2v) is 7.33. The van der Waals surface area contributed by atoms with Crippen LogP contribution in [-0.4, -0.2) is 42.0 Å². The Bertz CT molecular complexity index is 928. The van der Waals surface area contributed by atoms with Crippen LogP contribution < -0.4 is 9.64 Å². The van der Waals surface area contributed by atoms with Gasteiger partial charge < -0.3 is 14.5 Å². The summed E-state index contributed by atoms with van der Waals surface area (Å²) in [5.74, 6) is 0.300. The summed E-state index contributed by atoms with van der Waals surface area (Å²) in [6, 6.07) is 5.12. The van der Waals surface area contributed by atoms with Crippen LogP contribution in [0.1, 0.15) is 25.3 Å². The Morgan fingerprint density at radius 2 is 2.11 bits per heavy atom. The number of aromatic nitrogens is 1. The van der Waals surface area contributed by atoms with Gasteiger partial charge in [0.25, 0.3) is 0 Å². The SMILES string of the molecule is CC=CN1CC[C@@H](Oc2cncc(-c3cc4c(cc3F)N(C)C(=O)CC4)c2)C1. The predicted molar refractivity (Wildman–Crippen MR) is 107 cm³/mol. The normalized spacial score (nSPS) is 19.4. The fourth-order valence-corrected chi connectivity index (χ4v) is 3.90. The molecule has 146 valence electrons. The van der Waals surface area contributed by atoms with E-state index in [4.69, 9.17) is 4.74 Å². The Morgan fingerprint density at radius 1 is 1.25 bits per heavy atom. The smallest absolute Gasteiger partial charge is 0.227 e. The average Bonchev–Trinajstić information content (AvgIpc) is 3.12. The van der Waals surface area contributed by atoms with E-state index >= 15 is 0 Å². The van der Waals surface area contributed by atoms with Crippen LogP contribution in [0, 0.1) is 5.82 Å². The standard InChI is InChI=1S/C22H24FN3O2/c1-3-7-26-8-6-17(14-26)28-18-9-16(12-24-13-18)19-10-15-4-5-22(27)25(2)21(15)11-20(19)23/h3,7,9-13,17H,4-6,8,14H2,1-2H3/t17-/m1/s1. The lowest BCUT2D eigenvalue weighted by Crippen LogP contribution is -2.31. The third-order valence-corrected chi connectivity index (χ3v) is 5.38. The molecule has 6 heteroatoms. The molecule has 0 N–H and O–H groups in total. The molecule has 1 saturated heterocycles. The van der Waals surface area contributed by atoms with E-state index in [1.54, 1.807) is 19.4 Å². The number of ether oxygens (including phenoxy) is 1. The van der Waals surface area contributed by atoms with Crippen LogP contribution in [0.2, 0.25) is 0 Å². The summed E-state index contributed by atoms with van der Waals surface area (Å²) in [5, 5.41) is 0. The summed E-state index contributed by atoms with van der Waals surface area (Å²) < 4.78 is 20.9. The van der Waals surface area contributed by atoms with Crippen molar-refractivity contribution in [1.29, 1.82) is 0 Å². The van der Waals surface area contributed by atoms with Crippen molar-refractivity contribution in [3.05, 3.63) is 54.2 Å². The molecule has 2 aliphatic heterocycles. The fraction of sp³-hybridized carbons (Fsp3) is 0.364. The van der Waals surface area contributed by atoms with Crippen LogP contribution >= 0.6 is 0 Å². The van der Waals surface area contributed by atoms with Gasteiger partial charge in [-0.05, 0) is 43.3 Å². The number of carbonyl (C=O) groups excluding carboxylic acids is 1. The highest BCUT2D eigenvalue weighted by Gasteiger charge is 2.24. The zero-order chi connectivity index (χ0) is 19.7. The van der Waals surface area contributed by atoms with E-state index in [-0.39, 0.29) is 17.8 Å². The molecular weight excluding hydrogens is 357 g/mol. The average molecular weight is 381 g/mol. The van der Waals surface area contributed by atoms with Gasteiger partial charge in [-0.3, -0.25) is 9.78 Å². The van der Waals surface area contributed by atoms with Crippen LogP contribution in [0.5, 0.6) is 5.75 Å². The summed E-state index contributed by atoms with van der Waals surface area (Å²) >= 11 is 0. The third-order valence-electron chi connectivity index (χ3n) is 5.38. The molecule has 2 aromatic rings. The van der Waals surface area contributed by atoms with Crippen molar-refractivity contribution in [2.24, 2.45) is 0 Å². The van der Waals surface area contributed by atoms with Crippen LogP contribution in [0.25, 0.3) is 11.1 Å². The highest BCUT2D eigenvalue weighted by Crippen LogP contribution is 2.34.